The molecule has 0 spiro atoms. The van der Waals surface area contributed by atoms with Gasteiger partial charge < -0.3 is 4.98 Å². The van der Waals surface area contributed by atoms with E-state index in [-0.39, 0.29) is 5.78 Å². The van der Waals surface area contributed by atoms with Crippen LogP contribution in [0.2, 0.25) is 15.1 Å². The molecule has 0 aliphatic carbocycles. The zero-order valence-corrected chi connectivity index (χ0v) is 12.4. The van der Waals surface area contributed by atoms with Gasteiger partial charge in [0.15, 0.2) is 5.78 Å². The van der Waals surface area contributed by atoms with Crippen molar-refractivity contribution in [1.29, 1.82) is 0 Å². The Balaban J connectivity index is 2.21. The first-order chi connectivity index (χ1) is 9.59. The highest BCUT2D eigenvalue weighted by molar-refractivity contribution is 6.42. The van der Waals surface area contributed by atoms with Gasteiger partial charge in [0, 0.05) is 17.1 Å². The van der Waals surface area contributed by atoms with Gasteiger partial charge in [-0.3, -0.25) is 4.79 Å². The van der Waals surface area contributed by atoms with Crippen molar-refractivity contribution < 1.29 is 4.79 Å². The number of ketones is 1. The number of hydrogen-bond acceptors (Lipinski definition) is 1. The largest absolute Gasteiger partial charge is 0.359 e. The molecule has 1 N–H and O–H groups in total. The topological polar surface area (TPSA) is 32.9 Å². The van der Waals surface area contributed by atoms with E-state index in [1.165, 1.54) is 0 Å². The molecule has 3 aromatic rings. The van der Waals surface area contributed by atoms with Crippen molar-refractivity contribution in [3.8, 4) is 0 Å². The average Bonchev–Trinajstić information content (AvgIpc) is 2.83. The molecular weight excluding hydrogens is 317 g/mol. The third-order valence-corrected chi connectivity index (χ3v) is 4.04. The molecule has 100 valence electrons. The first-order valence-corrected chi connectivity index (χ1v) is 6.97. The predicted molar refractivity (Wildman–Crippen MR) is 83.2 cm³/mol. The number of benzene rings is 2. The van der Waals surface area contributed by atoms with Gasteiger partial charge in [0.2, 0.25) is 0 Å². The molecule has 20 heavy (non-hydrogen) atoms. The van der Waals surface area contributed by atoms with Gasteiger partial charge in [-0.2, -0.15) is 0 Å². The highest BCUT2D eigenvalue weighted by Gasteiger charge is 2.20. The number of nitrogens with one attached hydrogen (secondary N) is 1. The van der Waals surface area contributed by atoms with Crippen molar-refractivity contribution in [2.24, 2.45) is 0 Å². The molecule has 5 heteroatoms. The number of rotatable bonds is 2. The number of para-hydroxylation sites is 1. The van der Waals surface area contributed by atoms with Gasteiger partial charge in [-0.05, 0) is 18.2 Å². The zero-order chi connectivity index (χ0) is 14.3. The standard InChI is InChI=1S/C15H8Cl3NO/c16-10-4-2-5-11(17)13(10)15(20)9-7-19-14-8(9)3-1-6-12(14)18/h1-7,19H. The minimum atomic E-state index is -0.228. The molecule has 0 aliphatic rings. The SMILES string of the molecule is O=C(c1c(Cl)cccc1Cl)c1c[nH]c2c(Cl)cccc12. The van der Waals surface area contributed by atoms with Crippen molar-refractivity contribution in [2.45, 2.75) is 0 Å². The minimum absolute atomic E-state index is 0.228. The number of aromatic amines is 1. The van der Waals surface area contributed by atoms with E-state index in [9.17, 15) is 4.79 Å². The monoisotopic (exact) mass is 323 g/mol. The van der Waals surface area contributed by atoms with Gasteiger partial charge in [0.05, 0.1) is 26.1 Å². The van der Waals surface area contributed by atoms with Gasteiger partial charge in [0.25, 0.3) is 0 Å². The van der Waals surface area contributed by atoms with Gasteiger partial charge in [-0.15, -0.1) is 0 Å². The Bertz CT molecular complexity index is 803. The van der Waals surface area contributed by atoms with E-state index in [1.807, 2.05) is 6.07 Å². The number of carbonyl (C=O) groups is 1. The molecule has 0 unspecified atom stereocenters. The van der Waals surface area contributed by atoms with E-state index in [2.05, 4.69) is 4.98 Å². The number of fused-ring (bicyclic) bond motifs is 1. The van der Waals surface area contributed by atoms with Crippen molar-refractivity contribution in [3.63, 3.8) is 0 Å². The quantitative estimate of drug-likeness (QED) is 0.632. The van der Waals surface area contributed by atoms with Gasteiger partial charge in [-0.25, -0.2) is 0 Å². The van der Waals surface area contributed by atoms with Crippen LogP contribution in [0.4, 0.5) is 0 Å². The summed E-state index contributed by atoms with van der Waals surface area (Å²) in [7, 11) is 0. The maximum absolute atomic E-state index is 12.6. The van der Waals surface area contributed by atoms with Gasteiger partial charge in [0.1, 0.15) is 0 Å². The summed E-state index contributed by atoms with van der Waals surface area (Å²) in [5, 5.41) is 1.98. The van der Waals surface area contributed by atoms with Crippen LogP contribution >= 0.6 is 34.8 Å². The van der Waals surface area contributed by atoms with Crippen LogP contribution in [0.15, 0.2) is 42.6 Å². The molecule has 0 saturated heterocycles. The molecule has 3 rings (SSSR count). The lowest BCUT2D eigenvalue weighted by molar-refractivity contribution is 0.104. The highest BCUT2D eigenvalue weighted by Crippen LogP contribution is 2.31. The van der Waals surface area contributed by atoms with Crippen LogP contribution in [-0.2, 0) is 0 Å². The van der Waals surface area contributed by atoms with Crippen LogP contribution in [-0.4, -0.2) is 10.8 Å². The van der Waals surface area contributed by atoms with Crippen molar-refractivity contribution in [3.05, 3.63) is 68.8 Å². The third-order valence-electron chi connectivity index (χ3n) is 3.10. The second-order valence-corrected chi connectivity index (χ2v) is 5.51. The lowest BCUT2D eigenvalue weighted by Crippen LogP contribution is -2.02. The summed E-state index contributed by atoms with van der Waals surface area (Å²) >= 11 is 18.3. The molecule has 2 nitrogen and oxygen atoms in total. The van der Waals surface area contributed by atoms with Crippen molar-refractivity contribution >= 4 is 51.5 Å². The third kappa shape index (κ3) is 2.10. The maximum atomic E-state index is 12.6. The Morgan fingerprint density at radius 3 is 2.20 bits per heavy atom. The van der Waals surface area contributed by atoms with Crippen molar-refractivity contribution in [1.82, 2.24) is 4.98 Å². The predicted octanol–water partition coefficient (Wildman–Crippen LogP) is 5.36. The summed E-state index contributed by atoms with van der Waals surface area (Å²) in [6, 6.07) is 10.4. The summed E-state index contributed by atoms with van der Waals surface area (Å²) in [5.74, 6) is -0.228. The number of H-pyrrole nitrogens is 1. The van der Waals surface area contributed by atoms with E-state index < -0.39 is 0 Å². The van der Waals surface area contributed by atoms with E-state index in [0.717, 1.165) is 10.9 Å². The molecule has 2 aromatic carbocycles. The maximum Gasteiger partial charge on any atom is 0.198 e. The smallest absolute Gasteiger partial charge is 0.198 e. The normalized spacial score (nSPS) is 10.9. The van der Waals surface area contributed by atoms with Crippen molar-refractivity contribution in [2.75, 3.05) is 0 Å². The van der Waals surface area contributed by atoms with E-state index in [4.69, 9.17) is 34.8 Å². The molecule has 0 radical (unpaired) electrons. The highest BCUT2D eigenvalue weighted by atomic mass is 35.5. The fraction of sp³-hybridized carbons (Fsp3) is 0. The van der Waals surface area contributed by atoms with Crippen LogP contribution in [0.5, 0.6) is 0 Å². The summed E-state index contributed by atoms with van der Waals surface area (Å²) < 4.78 is 0. The summed E-state index contributed by atoms with van der Waals surface area (Å²) in [6.07, 6.45) is 1.62. The molecule has 0 saturated carbocycles. The number of carbonyl (C=O) groups excluding carboxylic acids is 1. The molecule has 0 aliphatic heterocycles. The summed E-state index contributed by atoms with van der Waals surface area (Å²) in [5.41, 5.74) is 1.52. The second kappa shape index (κ2) is 5.13. The lowest BCUT2D eigenvalue weighted by Gasteiger charge is -2.05. The summed E-state index contributed by atoms with van der Waals surface area (Å²) in [6.45, 7) is 0. The second-order valence-electron chi connectivity index (χ2n) is 4.29. The minimum Gasteiger partial charge on any atom is -0.359 e. The number of hydrogen-bond donors (Lipinski definition) is 1. The van der Waals surface area contributed by atoms with E-state index >= 15 is 0 Å². The Kier molecular flexibility index (Phi) is 3.47. The van der Waals surface area contributed by atoms with Crippen LogP contribution in [0.25, 0.3) is 10.9 Å². The lowest BCUT2D eigenvalue weighted by atomic mass is 10.0. The molecule has 0 bridgehead atoms. The molecule has 0 fully saturated rings. The van der Waals surface area contributed by atoms with Crippen LogP contribution < -0.4 is 0 Å². The molecular formula is C15H8Cl3NO. The molecule has 1 aromatic heterocycles. The Hall–Kier alpha value is -1.48. The number of halogens is 3. The molecule has 0 atom stereocenters. The first kappa shape index (κ1) is 13.5. The molecule has 0 amide bonds. The molecule has 1 heterocycles. The average molecular weight is 325 g/mol. The Morgan fingerprint density at radius 2 is 1.50 bits per heavy atom. The zero-order valence-electron chi connectivity index (χ0n) is 10.1. The van der Waals surface area contributed by atoms with Gasteiger partial charge >= 0.3 is 0 Å². The first-order valence-electron chi connectivity index (χ1n) is 5.84. The summed E-state index contributed by atoms with van der Waals surface area (Å²) in [4.78, 5) is 15.6. The van der Waals surface area contributed by atoms with Crippen LogP contribution in [0, 0.1) is 0 Å². The number of aromatic nitrogens is 1. The Labute approximate surface area is 130 Å². The van der Waals surface area contributed by atoms with Gasteiger partial charge in [-0.1, -0.05) is 53.0 Å². The van der Waals surface area contributed by atoms with E-state index in [1.54, 1.807) is 36.5 Å². The fourth-order valence-electron chi connectivity index (χ4n) is 2.15. The van der Waals surface area contributed by atoms with E-state index in [0.29, 0.717) is 26.2 Å². The Morgan fingerprint density at radius 1 is 0.900 bits per heavy atom. The van der Waals surface area contributed by atoms with Crippen LogP contribution in [0.1, 0.15) is 15.9 Å². The fourth-order valence-corrected chi connectivity index (χ4v) is 2.95. The van der Waals surface area contributed by atoms with Crippen LogP contribution in [0.3, 0.4) is 0 Å².